The predicted octanol–water partition coefficient (Wildman–Crippen LogP) is 3.51. The van der Waals surface area contributed by atoms with Crippen LogP contribution in [0.25, 0.3) is 0 Å². The normalized spacial score (nSPS) is 12.5. The van der Waals surface area contributed by atoms with E-state index in [9.17, 15) is 13.2 Å². The number of nitrogens with zero attached hydrogens (tertiary/aromatic N) is 1. The number of amides is 1. The second kappa shape index (κ2) is 7.93. The van der Waals surface area contributed by atoms with E-state index in [4.69, 9.17) is 0 Å². The Morgan fingerprint density at radius 1 is 1.16 bits per heavy atom. The number of thioether (sulfide) groups is 1. The van der Waals surface area contributed by atoms with Crippen LogP contribution in [0.5, 0.6) is 0 Å². The summed E-state index contributed by atoms with van der Waals surface area (Å²) in [6, 6.07) is 13.6. The summed E-state index contributed by atoms with van der Waals surface area (Å²) in [4.78, 5) is 13.6. The minimum atomic E-state index is -3.61. The molecule has 0 heterocycles. The van der Waals surface area contributed by atoms with Crippen molar-refractivity contribution in [2.75, 3.05) is 22.1 Å². The van der Waals surface area contributed by atoms with Gasteiger partial charge in [-0.05, 0) is 50.4 Å². The molecular formula is C18H22N2O3S2. The standard InChI is InChI=1S/C18H22N2O3S2/c1-13-8-10-16(11-9-13)20(25(4,22)23)14(2)18(21)19-15-6-5-7-17(12-15)24-3/h5-12,14H,1-4H3,(H,19,21). The van der Waals surface area contributed by atoms with E-state index < -0.39 is 16.1 Å². The number of anilines is 2. The Labute approximate surface area is 153 Å². The van der Waals surface area contributed by atoms with Crippen molar-refractivity contribution in [2.45, 2.75) is 24.8 Å². The van der Waals surface area contributed by atoms with Gasteiger partial charge in [0.05, 0.1) is 11.9 Å². The highest BCUT2D eigenvalue weighted by molar-refractivity contribution is 7.98. The number of aryl methyl sites for hydroxylation is 1. The highest BCUT2D eigenvalue weighted by atomic mass is 32.2. The van der Waals surface area contributed by atoms with Crippen molar-refractivity contribution >= 4 is 39.1 Å². The fourth-order valence-corrected chi connectivity index (χ4v) is 4.08. The van der Waals surface area contributed by atoms with E-state index in [-0.39, 0.29) is 5.91 Å². The highest BCUT2D eigenvalue weighted by Crippen LogP contribution is 2.23. The molecule has 0 fully saturated rings. The number of hydrogen-bond donors (Lipinski definition) is 1. The SMILES string of the molecule is CSc1cccc(NC(=O)C(C)N(c2ccc(C)cc2)S(C)(=O)=O)c1. The topological polar surface area (TPSA) is 66.5 Å². The summed E-state index contributed by atoms with van der Waals surface area (Å²) in [5.74, 6) is -0.385. The van der Waals surface area contributed by atoms with Crippen molar-refractivity contribution in [2.24, 2.45) is 0 Å². The second-order valence-corrected chi connectivity index (χ2v) is 8.53. The molecule has 0 saturated carbocycles. The van der Waals surface area contributed by atoms with Crippen LogP contribution in [0, 0.1) is 6.92 Å². The van der Waals surface area contributed by atoms with Crippen LogP contribution in [-0.2, 0) is 14.8 Å². The first kappa shape index (κ1) is 19.3. The third-order valence-corrected chi connectivity index (χ3v) is 5.68. The van der Waals surface area contributed by atoms with Gasteiger partial charge in [-0.1, -0.05) is 23.8 Å². The third kappa shape index (κ3) is 4.99. The van der Waals surface area contributed by atoms with Crippen LogP contribution in [0.3, 0.4) is 0 Å². The number of hydrogen-bond acceptors (Lipinski definition) is 4. The quantitative estimate of drug-likeness (QED) is 0.781. The van der Waals surface area contributed by atoms with Crippen LogP contribution in [0.1, 0.15) is 12.5 Å². The molecule has 1 atom stereocenters. The molecule has 0 aliphatic rings. The first-order chi connectivity index (χ1) is 11.7. The molecule has 0 spiro atoms. The Balaban J connectivity index is 2.28. The molecule has 1 N–H and O–H groups in total. The van der Waals surface area contributed by atoms with E-state index in [1.54, 1.807) is 36.9 Å². The number of sulfonamides is 1. The summed E-state index contributed by atoms with van der Waals surface area (Å²) >= 11 is 1.57. The highest BCUT2D eigenvalue weighted by Gasteiger charge is 2.29. The number of rotatable bonds is 6. The van der Waals surface area contributed by atoms with E-state index in [1.165, 1.54) is 0 Å². The molecule has 134 valence electrons. The molecule has 0 radical (unpaired) electrons. The van der Waals surface area contributed by atoms with Gasteiger partial charge in [0.1, 0.15) is 6.04 Å². The molecule has 0 bridgehead atoms. The largest absolute Gasteiger partial charge is 0.324 e. The zero-order chi connectivity index (χ0) is 18.6. The van der Waals surface area contributed by atoms with Crippen LogP contribution in [0.4, 0.5) is 11.4 Å². The minimum absolute atomic E-state index is 0.385. The van der Waals surface area contributed by atoms with Crippen molar-refractivity contribution in [3.05, 3.63) is 54.1 Å². The number of benzene rings is 2. The summed E-state index contributed by atoms with van der Waals surface area (Å²) in [7, 11) is -3.61. The average Bonchev–Trinajstić information content (AvgIpc) is 2.55. The van der Waals surface area contributed by atoms with E-state index in [0.717, 1.165) is 21.0 Å². The van der Waals surface area contributed by atoms with Crippen LogP contribution < -0.4 is 9.62 Å². The molecule has 0 saturated heterocycles. The van der Waals surface area contributed by atoms with Gasteiger partial charge in [-0.15, -0.1) is 11.8 Å². The molecule has 25 heavy (non-hydrogen) atoms. The smallest absolute Gasteiger partial charge is 0.247 e. The fraction of sp³-hybridized carbons (Fsp3) is 0.278. The molecule has 0 aliphatic carbocycles. The monoisotopic (exact) mass is 378 g/mol. The Hall–Kier alpha value is -1.99. The molecule has 2 aromatic rings. The Kier molecular flexibility index (Phi) is 6.13. The van der Waals surface area contributed by atoms with Crippen molar-refractivity contribution < 1.29 is 13.2 Å². The number of carbonyl (C=O) groups is 1. The Morgan fingerprint density at radius 3 is 2.36 bits per heavy atom. The van der Waals surface area contributed by atoms with Crippen LogP contribution in [0.15, 0.2) is 53.4 Å². The summed E-state index contributed by atoms with van der Waals surface area (Å²) in [6.45, 7) is 3.50. The lowest BCUT2D eigenvalue weighted by atomic mass is 10.2. The number of nitrogens with one attached hydrogen (secondary N) is 1. The van der Waals surface area contributed by atoms with Gasteiger partial charge in [0.25, 0.3) is 0 Å². The van der Waals surface area contributed by atoms with Gasteiger partial charge in [-0.3, -0.25) is 9.10 Å². The molecule has 7 heteroatoms. The lowest BCUT2D eigenvalue weighted by molar-refractivity contribution is -0.116. The molecule has 2 aromatic carbocycles. The van der Waals surface area contributed by atoms with E-state index in [2.05, 4.69) is 5.32 Å². The molecular weight excluding hydrogens is 356 g/mol. The molecule has 0 aromatic heterocycles. The summed E-state index contributed by atoms with van der Waals surface area (Å²) < 4.78 is 25.7. The molecule has 5 nitrogen and oxygen atoms in total. The summed E-state index contributed by atoms with van der Waals surface area (Å²) in [5.41, 5.74) is 2.12. The van der Waals surface area contributed by atoms with Gasteiger partial charge in [0.15, 0.2) is 0 Å². The third-order valence-electron chi connectivity index (χ3n) is 3.71. The maximum absolute atomic E-state index is 12.6. The van der Waals surface area contributed by atoms with Crippen LogP contribution >= 0.6 is 11.8 Å². The van der Waals surface area contributed by atoms with Gasteiger partial charge in [-0.2, -0.15) is 0 Å². The molecule has 0 aliphatic heterocycles. The van der Waals surface area contributed by atoms with Gasteiger partial charge >= 0.3 is 0 Å². The summed E-state index contributed by atoms with van der Waals surface area (Å²) in [6.07, 6.45) is 3.05. The molecule has 1 amide bonds. The van der Waals surface area contributed by atoms with Crippen LogP contribution in [-0.4, -0.2) is 32.9 Å². The van der Waals surface area contributed by atoms with Crippen LogP contribution in [0.2, 0.25) is 0 Å². The predicted molar refractivity (Wildman–Crippen MR) is 105 cm³/mol. The Bertz CT molecular complexity index is 849. The van der Waals surface area contributed by atoms with Crippen molar-refractivity contribution in [3.8, 4) is 0 Å². The van der Waals surface area contributed by atoms with E-state index in [0.29, 0.717) is 11.4 Å². The Morgan fingerprint density at radius 2 is 1.80 bits per heavy atom. The zero-order valence-electron chi connectivity index (χ0n) is 14.7. The average molecular weight is 379 g/mol. The van der Waals surface area contributed by atoms with Gasteiger partial charge in [0, 0.05) is 10.6 Å². The maximum Gasteiger partial charge on any atom is 0.247 e. The van der Waals surface area contributed by atoms with Crippen molar-refractivity contribution in [1.29, 1.82) is 0 Å². The lowest BCUT2D eigenvalue weighted by Crippen LogP contribution is -2.45. The maximum atomic E-state index is 12.6. The molecule has 1 unspecified atom stereocenters. The van der Waals surface area contributed by atoms with Crippen molar-refractivity contribution in [1.82, 2.24) is 0 Å². The summed E-state index contributed by atoms with van der Waals surface area (Å²) in [5, 5.41) is 2.79. The minimum Gasteiger partial charge on any atom is -0.324 e. The first-order valence-corrected chi connectivity index (χ1v) is 10.8. The first-order valence-electron chi connectivity index (χ1n) is 7.73. The van der Waals surface area contributed by atoms with Gasteiger partial charge in [-0.25, -0.2) is 8.42 Å². The van der Waals surface area contributed by atoms with Crippen molar-refractivity contribution in [3.63, 3.8) is 0 Å². The lowest BCUT2D eigenvalue weighted by Gasteiger charge is -2.28. The van der Waals surface area contributed by atoms with E-state index >= 15 is 0 Å². The number of carbonyl (C=O) groups excluding carboxylic acids is 1. The van der Waals surface area contributed by atoms with Gasteiger partial charge < -0.3 is 5.32 Å². The van der Waals surface area contributed by atoms with Gasteiger partial charge in [0.2, 0.25) is 15.9 Å². The fourth-order valence-electron chi connectivity index (χ4n) is 2.45. The zero-order valence-corrected chi connectivity index (χ0v) is 16.3. The second-order valence-electron chi connectivity index (χ2n) is 5.79. The molecule has 2 rings (SSSR count). The van der Waals surface area contributed by atoms with E-state index in [1.807, 2.05) is 43.5 Å².